The number of likely N-dealkylation sites (tertiary alicyclic amines) is 1. The number of pyridine rings is 1. The van der Waals surface area contributed by atoms with E-state index in [-0.39, 0.29) is 6.09 Å². The minimum Gasteiger partial charge on any atom is -0.473 e. The molecule has 2 saturated heterocycles. The molecule has 2 fully saturated rings. The first kappa shape index (κ1) is 33.4. The van der Waals surface area contributed by atoms with Crippen LogP contribution in [0.1, 0.15) is 57.6 Å². The minimum absolute atomic E-state index is 0.188. The summed E-state index contributed by atoms with van der Waals surface area (Å²) in [7, 11) is 1.99. The highest BCUT2D eigenvalue weighted by molar-refractivity contribution is 5.96. The van der Waals surface area contributed by atoms with Crippen molar-refractivity contribution in [3.63, 3.8) is 0 Å². The molecule has 9 heteroatoms. The largest absolute Gasteiger partial charge is 0.473 e. The molecule has 1 amide bonds. The highest BCUT2D eigenvalue weighted by Gasteiger charge is 2.39. The van der Waals surface area contributed by atoms with Crippen molar-refractivity contribution in [1.82, 2.24) is 19.7 Å². The van der Waals surface area contributed by atoms with Gasteiger partial charge < -0.3 is 24.0 Å². The number of anilines is 1. The zero-order valence-corrected chi connectivity index (χ0v) is 29.6. The van der Waals surface area contributed by atoms with Crippen LogP contribution in [0.5, 0.6) is 11.8 Å². The summed E-state index contributed by atoms with van der Waals surface area (Å²) >= 11 is 0. The van der Waals surface area contributed by atoms with Crippen molar-refractivity contribution in [2.75, 3.05) is 31.1 Å². The number of carbonyl (C=O) groups excluding carboxylic acids is 1. The Bertz CT molecular complexity index is 1920. The minimum atomic E-state index is -0.467. The van der Waals surface area contributed by atoms with Gasteiger partial charge in [0.25, 0.3) is 0 Å². The van der Waals surface area contributed by atoms with Crippen molar-refractivity contribution in [3.05, 3.63) is 102 Å². The van der Waals surface area contributed by atoms with E-state index in [1.165, 1.54) is 5.69 Å². The predicted molar refractivity (Wildman–Crippen MR) is 196 cm³/mol. The van der Waals surface area contributed by atoms with Crippen LogP contribution in [-0.2, 0) is 25.0 Å². The van der Waals surface area contributed by atoms with Gasteiger partial charge in [0.15, 0.2) is 0 Å². The van der Waals surface area contributed by atoms with E-state index >= 15 is 0 Å². The van der Waals surface area contributed by atoms with Crippen LogP contribution >= 0.6 is 0 Å². The van der Waals surface area contributed by atoms with Gasteiger partial charge in [-0.15, -0.1) is 0 Å². The average Bonchev–Trinajstić information content (AvgIpc) is 3.45. The van der Waals surface area contributed by atoms with E-state index in [0.29, 0.717) is 30.4 Å². The number of aryl methyl sites for hydroxylation is 1. The third kappa shape index (κ3) is 7.57. The van der Waals surface area contributed by atoms with Gasteiger partial charge in [-0.1, -0.05) is 60.7 Å². The standard InChI is InChI=1S/C41H47N5O4/c1-40(2,3)50-39(47)46-25-21-41(22-26-46)19-23-45(24-20-41)32-15-16-33-35(27-32)44(4)43-37(33)34-17-18-36(48-28-30-11-7-5-8-12-30)42-38(34)49-29-31-13-9-6-10-14-31/h5-18,27H,19-26,28-29H2,1-4H3. The van der Waals surface area contributed by atoms with Crippen LogP contribution in [0, 0.1) is 5.41 Å². The number of fused-ring (bicyclic) bond motifs is 1. The molecule has 0 atom stereocenters. The monoisotopic (exact) mass is 673 g/mol. The van der Waals surface area contributed by atoms with E-state index in [1.54, 1.807) is 0 Å². The van der Waals surface area contributed by atoms with Crippen LogP contribution in [0.15, 0.2) is 91.0 Å². The second kappa shape index (κ2) is 14.1. The molecule has 0 unspecified atom stereocenters. The number of nitrogens with zero attached hydrogens (tertiary/aromatic N) is 5. The summed E-state index contributed by atoms with van der Waals surface area (Å²) in [5, 5.41) is 6.04. The van der Waals surface area contributed by atoms with Gasteiger partial charge in [0.05, 0.1) is 11.1 Å². The first-order chi connectivity index (χ1) is 24.1. The molecule has 4 heterocycles. The summed E-state index contributed by atoms with van der Waals surface area (Å²) in [6, 6.07) is 30.7. The molecule has 5 aromatic rings. The Morgan fingerprint density at radius 1 is 0.780 bits per heavy atom. The lowest BCUT2D eigenvalue weighted by atomic mass is 9.71. The Morgan fingerprint density at radius 2 is 1.40 bits per heavy atom. The Balaban J connectivity index is 1.07. The van der Waals surface area contributed by atoms with E-state index in [0.717, 1.165) is 85.1 Å². The molecule has 260 valence electrons. The fraction of sp³-hybridized carbons (Fsp3) is 0.390. The van der Waals surface area contributed by atoms with Crippen molar-refractivity contribution in [3.8, 4) is 23.0 Å². The summed E-state index contributed by atoms with van der Waals surface area (Å²) in [5.74, 6) is 0.990. The molecule has 2 aliphatic rings. The van der Waals surface area contributed by atoms with Gasteiger partial charge >= 0.3 is 6.09 Å². The molecule has 50 heavy (non-hydrogen) atoms. The third-order valence-electron chi connectivity index (χ3n) is 10.0. The van der Waals surface area contributed by atoms with Gasteiger partial charge in [-0.3, -0.25) is 4.68 Å². The van der Waals surface area contributed by atoms with Gasteiger partial charge in [-0.25, -0.2) is 4.79 Å². The number of amides is 1. The maximum absolute atomic E-state index is 12.6. The molecule has 9 nitrogen and oxygen atoms in total. The maximum atomic E-state index is 12.6. The van der Waals surface area contributed by atoms with Crippen LogP contribution in [0.25, 0.3) is 22.2 Å². The lowest BCUT2D eigenvalue weighted by molar-refractivity contribution is 0.00666. The Hall–Kier alpha value is -5.05. The molecule has 0 bridgehead atoms. The number of aromatic nitrogens is 3. The first-order valence-corrected chi connectivity index (χ1v) is 17.7. The van der Waals surface area contributed by atoms with Gasteiger partial charge in [-0.05, 0) is 87.3 Å². The van der Waals surface area contributed by atoms with Crippen LogP contribution in [0.4, 0.5) is 10.5 Å². The highest BCUT2D eigenvalue weighted by Crippen LogP contribution is 2.43. The van der Waals surface area contributed by atoms with Crippen molar-refractivity contribution < 1.29 is 19.0 Å². The molecule has 3 aromatic carbocycles. The SMILES string of the molecule is Cn1nc(-c2ccc(OCc3ccccc3)nc2OCc2ccccc2)c2ccc(N3CCC4(CCN(C(=O)OC(C)(C)C)CC4)CC3)cc21. The predicted octanol–water partition coefficient (Wildman–Crippen LogP) is 8.41. The Kier molecular flexibility index (Phi) is 9.40. The lowest BCUT2D eigenvalue weighted by Crippen LogP contribution is -2.49. The number of benzene rings is 3. The van der Waals surface area contributed by atoms with Crippen molar-refractivity contribution >= 4 is 22.7 Å². The summed E-state index contributed by atoms with van der Waals surface area (Å²) in [4.78, 5) is 21.8. The second-order valence-electron chi connectivity index (χ2n) is 14.7. The highest BCUT2D eigenvalue weighted by atomic mass is 16.6. The van der Waals surface area contributed by atoms with Gasteiger partial charge in [0.1, 0.15) is 24.5 Å². The lowest BCUT2D eigenvalue weighted by Gasteiger charge is -2.47. The average molecular weight is 674 g/mol. The molecular weight excluding hydrogens is 626 g/mol. The number of hydrogen-bond donors (Lipinski definition) is 0. The summed E-state index contributed by atoms with van der Waals surface area (Å²) in [6.45, 7) is 10.1. The van der Waals surface area contributed by atoms with E-state index in [9.17, 15) is 4.79 Å². The molecule has 0 N–H and O–H groups in total. The number of rotatable bonds is 8. The van der Waals surface area contributed by atoms with Crippen LogP contribution in [0.2, 0.25) is 0 Å². The fourth-order valence-corrected chi connectivity index (χ4v) is 7.12. The van der Waals surface area contributed by atoms with E-state index in [4.69, 9.17) is 24.3 Å². The molecule has 1 spiro atoms. The second-order valence-corrected chi connectivity index (χ2v) is 14.7. The number of ether oxygens (including phenoxy) is 3. The van der Waals surface area contributed by atoms with Crippen molar-refractivity contribution in [2.24, 2.45) is 12.5 Å². The molecular formula is C41H47N5O4. The third-order valence-corrected chi connectivity index (χ3v) is 10.0. The van der Waals surface area contributed by atoms with Gasteiger partial charge in [0, 0.05) is 50.4 Å². The van der Waals surface area contributed by atoms with Crippen molar-refractivity contribution in [2.45, 2.75) is 65.3 Å². The van der Waals surface area contributed by atoms with Crippen LogP contribution in [0.3, 0.4) is 0 Å². The number of carbonyl (C=O) groups is 1. The normalized spacial score (nSPS) is 16.1. The molecule has 0 aliphatic carbocycles. The van der Waals surface area contributed by atoms with Crippen LogP contribution < -0.4 is 14.4 Å². The Labute approximate surface area is 294 Å². The van der Waals surface area contributed by atoms with E-state index in [1.807, 2.05) is 110 Å². The molecule has 2 aromatic heterocycles. The van der Waals surface area contributed by atoms with Crippen LogP contribution in [-0.4, -0.2) is 57.5 Å². The quantitative estimate of drug-likeness (QED) is 0.164. The van der Waals surface area contributed by atoms with Crippen molar-refractivity contribution in [1.29, 1.82) is 0 Å². The number of hydrogen-bond acceptors (Lipinski definition) is 7. The molecule has 0 saturated carbocycles. The summed E-state index contributed by atoms with van der Waals surface area (Å²) in [6.07, 6.45) is 4.12. The zero-order valence-electron chi connectivity index (χ0n) is 29.6. The smallest absolute Gasteiger partial charge is 0.410 e. The molecule has 7 rings (SSSR count). The number of piperidine rings is 2. The summed E-state index contributed by atoms with van der Waals surface area (Å²) in [5.41, 5.74) is 5.87. The first-order valence-electron chi connectivity index (χ1n) is 17.7. The maximum Gasteiger partial charge on any atom is 0.410 e. The molecule has 2 aliphatic heterocycles. The van der Waals surface area contributed by atoms with E-state index in [2.05, 4.69) is 23.1 Å². The fourth-order valence-electron chi connectivity index (χ4n) is 7.12. The van der Waals surface area contributed by atoms with Gasteiger partial charge in [0.2, 0.25) is 11.8 Å². The van der Waals surface area contributed by atoms with E-state index < -0.39 is 5.60 Å². The zero-order chi connectivity index (χ0) is 34.7. The van der Waals surface area contributed by atoms with Gasteiger partial charge in [-0.2, -0.15) is 10.1 Å². The topological polar surface area (TPSA) is 82.0 Å². The molecule has 0 radical (unpaired) electrons. The Morgan fingerprint density at radius 3 is 2.04 bits per heavy atom. The summed E-state index contributed by atoms with van der Waals surface area (Å²) < 4.78 is 20.0.